The molecule has 1 N–H and O–H groups in total. The first-order chi connectivity index (χ1) is 5.39. The Morgan fingerprint density at radius 1 is 1.07 bits per heavy atom. The van der Waals surface area contributed by atoms with Crippen molar-refractivity contribution in [3.63, 3.8) is 0 Å². The third-order valence-corrected chi connectivity index (χ3v) is 0.756. The van der Waals surface area contributed by atoms with E-state index in [4.69, 9.17) is 21.1 Å². The van der Waals surface area contributed by atoms with E-state index in [-0.39, 0.29) is 22.1 Å². The number of phenols is 1. The van der Waals surface area contributed by atoms with E-state index in [1.165, 1.54) is 0 Å². The fraction of sp³-hybridized carbons (Fsp3) is 0. The Labute approximate surface area is 93.9 Å². The van der Waals surface area contributed by atoms with Gasteiger partial charge in [-0.2, -0.15) is 0 Å². The van der Waals surface area contributed by atoms with Gasteiger partial charge in [-0.05, 0) is 12.1 Å². The van der Waals surface area contributed by atoms with E-state index in [9.17, 15) is 0 Å². The molecule has 0 aromatic heterocycles. The van der Waals surface area contributed by atoms with Crippen molar-refractivity contribution in [3.8, 4) is 5.75 Å². The average Bonchev–Trinajstić information content (AvgIpc) is 1.85. The minimum Gasteiger partial charge on any atom is -1.00 e. The van der Waals surface area contributed by atoms with Crippen molar-refractivity contribution < 1.29 is 43.2 Å². The molecule has 1 rings (SSSR count). The van der Waals surface area contributed by atoms with Gasteiger partial charge in [0.25, 0.3) is 0 Å². The first-order valence-corrected chi connectivity index (χ1v) is 5.93. The van der Waals surface area contributed by atoms with Crippen LogP contribution in [0.4, 0.5) is 0 Å². The number of para-hydroxylation sites is 1. The van der Waals surface area contributed by atoms with Crippen molar-refractivity contribution >= 4 is 14.5 Å². The summed E-state index contributed by atoms with van der Waals surface area (Å²) in [5.41, 5.74) is 0. The normalized spacial score (nSPS) is 8.50. The third-order valence-electron chi connectivity index (χ3n) is 0.756. The number of rotatable bonds is 0. The molecule has 5 nitrogen and oxygen atoms in total. The van der Waals surface area contributed by atoms with E-state index in [1.54, 1.807) is 24.3 Å². The summed E-state index contributed by atoms with van der Waals surface area (Å²) >= 11 is -5.88. The van der Waals surface area contributed by atoms with Gasteiger partial charge in [0.2, 0.25) is 0 Å². The quantitative estimate of drug-likeness (QED) is 0.481. The first kappa shape index (κ1) is 19.3. The molecular weight excluding hydrogens is 298 g/mol. The SMILES string of the molecule is O=[As]([O-])([O-])[O-].Oc1ccccc1.[Cr+4].[F-]. The molecule has 0 heterocycles. The topological polar surface area (TPSA) is 106 Å². The summed E-state index contributed by atoms with van der Waals surface area (Å²) in [5.74, 6) is 0.322. The second-order valence-electron chi connectivity index (χ2n) is 1.78. The molecule has 0 saturated carbocycles. The zero-order valence-electron chi connectivity index (χ0n) is 6.70. The van der Waals surface area contributed by atoms with Gasteiger partial charge >= 0.3 is 47.9 Å². The number of benzene rings is 1. The average molecular weight is 304 g/mol. The molecule has 0 aliphatic rings. The van der Waals surface area contributed by atoms with Gasteiger partial charge in [-0.1, -0.05) is 18.2 Å². The van der Waals surface area contributed by atoms with E-state index in [0.29, 0.717) is 5.75 Å². The molecule has 0 bridgehead atoms. The number of halogens is 1. The minimum absolute atomic E-state index is 0. The number of aromatic hydroxyl groups is 1. The predicted octanol–water partition coefficient (Wildman–Crippen LogP) is -5.67. The van der Waals surface area contributed by atoms with Gasteiger partial charge in [0.1, 0.15) is 5.75 Å². The van der Waals surface area contributed by atoms with Crippen molar-refractivity contribution in [2.24, 2.45) is 0 Å². The summed E-state index contributed by atoms with van der Waals surface area (Å²) in [4.78, 5) is 0. The molecule has 0 unspecified atom stereocenters. The number of hydrogen-bond acceptors (Lipinski definition) is 5. The van der Waals surface area contributed by atoms with Gasteiger partial charge in [-0.3, -0.25) is 0 Å². The van der Waals surface area contributed by atoms with Gasteiger partial charge in [-0.25, -0.2) is 0 Å². The van der Waals surface area contributed by atoms with Crippen LogP contribution in [0.5, 0.6) is 5.75 Å². The Hall–Kier alpha value is -0.279. The van der Waals surface area contributed by atoms with Crippen LogP contribution in [0.1, 0.15) is 0 Å². The summed E-state index contributed by atoms with van der Waals surface area (Å²) in [5, 5.41) is 8.63. The Balaban J connectivity index is -0.000000159. The molecule has 1 aromatic rings. The maximum absolute atomic E-state index is 8.63. The Morgan fingerprint density at radius 2 is 1.36 bits per heavy atom. The summed E-state index contributed by atoms with van der Waals surface area (Å²) < 4.78 is 34.4. The maximum atomic E-state index is 8.63. The number of hydrogen-bond donors (Lipinski definition) is 1. The molecule has 0 spiro atoms. The zero-order valence-corrected chi connectivity index (χ0v) is 9.85. The molecule has 0 aliphatic heterocycles. The molecule has 0 saturated heterocycles. The van der Waals surface area contributed by atoms with Crippen LogP contribution in [-0.4, -0.2) is 19.6 Å². The Bertz CT molecular complexity index is 256. The van der Waals surface area contributed by atoms with Crippen LogP contribution in [-0.2, 0) is 21.1 Å². The van der Waals surface area contributed by atoms with Crippen molar-refractivity contribution in [1.82, 2.24) is 0 Å². The van der Waals surface area contributed by atoms with Crippen molar-refractivity contribution in [2.45, 2.75) is 0 Å². The van der Waals surface area contributed by atoms with Crippen molar-refractivity contribution in [2.75, 3.05) is 0 Å². The number of phenolic OH excluding ortho intramolecular Hbond substituents is 1. The van der Waals surface area contributed by atoms with Crippen LogP contribution >= 0.6 is 0 Å². The van der Waals surface area contributed by atoms with Crippen LogP contribution in [0.25, 0.3) is 0 Å². The van der Waals surface area contributed by atoms with Crippen LogP contribution in [0.3, 0.4) is 0 Å². The smallest absolute Gasteiger partial charge is 1.00 e. The monoisotopic (exact) mass is 304 g/mol. The van der Waals surface area contributed by atoms with E-state index >= 15 is 0 Å². The maximum Gasteiger partial charge on any atom is 4.00 e. The van der Waals surface area contributed by atoms with Gasteiger partial charge in [-0.15, -0.1) is 0 Å². The molecule has 78 valence electrons. The van der Waals surface area contributed by atoms with Gasteiger partial charge < -0.3 is 9.81 Å². The molecule has 1 aromatic carbocycles. The molecule has 14 heavy (non-hydrogen) atoms. The second-order valence-corrected chi connectivity index (χ2v) is 3.66. The zero-order chi connectivity index (χ0) is 9.61. The third kappa shape index (κ3) is 22.6. The van der Waals surface area contributed by atoms with Gasteiger partial charge in [0.05, 0.1) is 0 Å². The Morgan fingerprint density at radius 3 is 1.50 bits per heavy atom. The summed E-state index contributed by atoms with van der Waals surface area (Å²) in [6.45, 7) is 0. The van der Waals surface area contributed by atoms with Gasteiger partial charge in [0, 0.05) is 0 Å². The summed E-state index contributed by atoms with van der Waals surface area (Å²) in [6, 6.07) is 8.71. The molecule has 0 atom stereocenters. The van der Waals surface area contributed by atoms with E-state index in [1.807, 2.05) is 6.07 Å². The van der Waals surface area contributed by atoms with Gasteiger partial charge in [0.15, 0.2) is 0 Å². The first-order valence-electron chi connectivity index (χ1n) is 2.86. The van der Waals surface area contributed by atoms with E-state index < -0.39 is 14.5 Å². The van der Waals surface area contributed by atoms with Crippen LogP contribution in [0.15, 0.2) is 30.3 Å². The van der Waals surface area contributed by atoms with Crippen molar-refractivity contribution in [1.29, 1.82) is 0 Å². The largest absolute Gasteiger partial charge is 4.00 e. The molecule has 0 amide bonds. The molecular formula is C6H6AsCrFO5. The van der Waals surface area contributed by atoms with Crippen molar-refractivity contribution in [3.05, 3.63) is 30.3 Å². The fourth-order valence-electron chi connectivity index (χ4n) is 0.428. The summed E-state index contributed by atoms with van der Waals surface area (Å²) in [6.07, 6.45) is 0. The molecule has 0 aliphatic carbocycles. The Kier molecular flexibility index (Phi) is 12.8. The van der Waals surface area contributed by atoms with Crippen LogP contribution < -0.4 is 17.0 Å². The minimum atomic E-state index is -5.88. The van der Waals surface area contributed by atoms with E-state index in [0.717, 1.165) is 0 Å². The van der Waals surface area contributed by atoms with Crippen LogP contribution in [0, 0.1) is 0 Å². The molecule has 0 fully saturated rings. The summed E-state index contributed by atoms with van der Waals surface area (Å²) in [7, 11) is 0. The molecule has 0 radical (unpaired) electrons. The van der Waals surface area contributed by atoms with Crippen LogP contribution in [0.2, 0.25) is 0 Å². The van der Waals surface area contributed by atoms with E-state index in [2.05, 4.69) is 0 Å². The standard InChI is InChI=1S/C6H6O.AsH3O4.Cr.FH/c7-6-4-2-1-3-5-6;2-1(3,4)5;;/h1-5,7H;(H3,2,3,4,5);;1H/q;;+4;/p-4. The molecule has 8 heteroatoms. The predicted molar refractivity (Wildman–Crippen MR) is 34.5 cm³/mol. The second kappa shape index (κ2) is 9.28. The fourth-order valence-corrected chi connectivity index (χ4v) is 0.428.